The quantitative estimate of drug-likeness (QED) is 0.624. The molecule has 30 heavy (non-hydrogen) atoms. The standard InChI is InChI=1S/C25H23NO4/c26-24(27)13-16-4-3-6-18(12-16)19-9-8-17-10-11-23(21(17)14-19)30-22-7-2-1-5-20(22)15-25(28)29/h1-9,12,14,23H,10-11,13,15H2,(H2,26,27)(H,28,29). The molecule has 0 radical (unpaired) electrons. The molecule has 0 aromatic heterocycles. The Morgan fingerprint density at radius 2 is 1.77 bits per heavy atom. The number of fused-ring (bicyclic) bond motifs is 1. The minimum atomic E-state index is -0.879. The zero-order chi connectivity index (χ0) is 21.1. The predicted octanol–water partition coefficient (Wildman–Crippen LogP) is 4.07. The summed E-state index contributed by atoms with van der Waals surface area (Å²) in [5, 5.41) is 9.16. The van der Waals surface area contributed by atoms with E-state index in [9.17, 15) is 9.59 Å². The number of amides is 1. The van der Waals surface area contributed by atoms with E-state index in [1.165, 1.54) is 5.56 Å². The Bertz CT molecular complexity index is 1110. The molecular weight excluding hydrogens is 378 g/mol. The van der Waals surface area contributed by atoms with Crippen molar-refractivity contribution in [3.8, 4) is 16.9 Å². The summed E-state index contributed by atoms with van der Waals surface area (Å²) in [6.45, 7) is 0. The van der Waals surface area contributed by atoms with Crippen LogP contribution < -0.4 is 10.5 Å². The molecule has 1 aliphatic carbocycles. The fraction of sp³-hybridized carbons (Fsp3) is 0.200. The molecule has 0 fully saturated rings. The molecule has 5 nitrogen and oxygen atoms in total. The van der Waals surface area contributed by atoms with Gasteiger partial charge in [0, 0.05) is 5.56 Å². The van der Waals surface area contributed by atoms with Crippen LogP contribution in [0.2, 0.25) is 0 Å². The molecule has 0 aliphatic heterocycles. The van der Waals surface area contributed by atoms with Crippen molar-refractivity contribution in [2.75, 3.05) is 0 Å². The number of carbonyl (C=O) groups is 2. The van der Waals surface area contributed by atoms with E-state index in [1.54, 1.807) is 6.07 Å². The highest BCUT2D eigenvalue weighted by atomic mass is 16.5. The van der Waals surface area contributed by atoms with Crippen LogP contribution in [0.25, 0.3) is 11.1 Å². The second-order valence-corrected chi connectivity index (χ2v) is 7.58. The maximum atomic E-state index is 11.2. The Balaban J connectivity index is 1.62. The monoisotopic (exact) mass is 401 g/mol. The van der Waals surface area contributed by atoms with Gasteiger partial charge in [-0.2, -0.15) is 0 Å². The lowest BCUT2D eigenvalue weighted by Gasteiger charge is -2.18. The van der Waals surface area contributed by atoms with E-state index in [0.717, 1.165) is 35.1 Å². The summed E-state index contributed by atoms with van der Waals surface area (Å²) in [5.41, 5.74) is 11.3. The average Bonchev–Trinajstić information content (AvgIpc) is 3.11. The first-order chi connectivity index (χ1) is 14.5. The lowest BCUT2D eigenvalue weighted by atomic mass is 9.98. The Morgan fingerprint density at radius 1 is 0.967 bits per heavy atom. The number of hydrogen-bond acceptors (Lipinski definition) is 3. The van der Waals surface area contributed by atoms with Gasteiger partial charge in [0.15, 0.2) is 0 Å². The number of aryl methyl sites for hydroxylation is 1. The Morgan fingerprint density at radius 3 is 2.57 bits per heavy atom. The van der Waals surface area contributed by atoms with Gasteiger partial charge in [-0.15, -0.1) is 0 Å². The van der Waals surface area contributed by atoms with E-state index in [1.807, 2.05) is 42.5 Å². The summed E-state index contributed by atoms with van der Waals surface area (Å²) in [5.74, 6) is -0.614. The largest absolute Gasteiger partial charge is 0.485 e. The normalized spacial score (nSPS) is 14.9. The molecule has 1 atom stereocenters. The number of nitrogens with two attached hydrogens (primary N) is 1. The third-order valence-corrected chi connectivity index (χ3v) is 5.39. The molecular formula is C25H23NO4. The van der Waals surface area contributed by atoms with Crippen LogP contribution in [0.5, 0.6) is 5.75 Å². The van der Waals surface area contributed by atoms with E-state index < -0.39 is 5.97 Å². The molecule has 1 unspecified atom stereocenters. The molecule has 1 aliphatic rings. The molecule has 3 aromatic carbocycles. The number of primary amides is 1. The van der Waals surface area contributed by atoms with E-state index >= 15 is 0 Å². The number of rotatable bonds is 7. The van der Waals surface area contributed by atoms with Crippen molar-refractivity contribution in [1.29, 1.82) is 0 Å². The fourth-order valence-electron chi connectivity index (χ4n) is 4.01. The second kappa shape index (κ2) is 8.41. The maximum absolute atomic E-state index is 11.2. The number of ether oxygens (including phenoxy) is 1. The van der Waals surface area contributed by atoms with E-state index in [-0.39, 0.29) is 24.9 Å². The van der Waals surface area contributed by atoms with Gasteiger partial charge in [0.2, 0.25) is 5.91 Å². The van der Waals surface area contributed by atoms with Crippen LogP contribution in [-0.4, -0.2) is 17.0 Å². The lowest BCUT2D eigenvalue weighted by Crippen LogP contribution is -2.13. The highest BCUT2D eigenvalue weighted by Crippen LogP contribution is 2.38. The number of hydrogen-bond donors (Lipinski definition) is 2. The Kier molecular flexibility index (Phi) is 5.53. The van der Waals surface area contributed by atoms with Crippen molar-refractivity contribution in [3.63, 3.8) is 0 Å². The first-order valence-corrected chi connectivity index (χ1v) is 9.96. The van der Waals surface area contributed by atoms with Crippen LogP contribution in [0, 0.1) is 0 Å². The molecule has 0 saturated carbocycles. The summed E-state index contributed by atoms with van der Waals surface area (Å²) in [6.07, 6.45) is 1.79. The van der Waals surface area contributed by atoms with Crippen LogP contribution in [0.4, 0.5) is 0 Å². The minimum Gasteiger partial charge on any atom is -0.485 e. The van der Waals surface area contributed by atoms with Crippen molar-refractivity contribution in [2.45, 2.75) is 31.8 Å². The van der Waals surface area contributed by atoms with Gasteiger partial charge >= 0.3 is 5.97 Å². The van der Waals surface area contributed by atoms with E-state index in [4.69, 9.17) is 15.6 Å². The van der Waals surface area contributed by atoms with Gasteiger partial charge in [-0.1, -0.05) is 54.6 Å². The first-order valence-electron chi connectivity index (χ1n) is 9.96. The van der Waals surface area contributed by atoms with Crippen LogP contribution >= 0.6 is 0 Å². The van der Waals surface area contributed by atoms with Crippen molar-refractivity contribution < 1.29 is 19.4 Å². The van der Waals surface area contributed by atoms with Gasteiger partial charge in [-0.25, -0.2) is 0 Å². The number of aliphatic carboxylic acids is 1. The van der Waals surface area contributed by atoms with Crippen LogP contribution in [0.3, 0.4) is 0 Å². The number of benzene rings is 3. The smallest absolute Gasteiger partial charge is 0.307 e. The van der Waals surface area contributed by atoms with Gasteiger partial charge in [0.05, 0.1) is 12.8 Å². The minimum absolute atomic E-state index is 0.0670. The molecule has 152 valence electrons. The Hall–Kier alpha value is -3.60. The Labute approximate surface area is 175 Å². The highest BCUT2D eigenvalue weighted by Gasteiger charge is 2.25. The zero-order valence-electron chi connectivity index (χ0n) is 16.5. The SMILES string of the molecule is NC(=O)Cc1cccc(-c2ccc3c(c2)C(Oc2ccccc2CC(=O)O)CC3)c1. The molecule has 3 N–H and O–H groups in total. The zero-order valence-corrected chi connectivity index (χ0v) is 16.5. The summed E-state index contributed by atoms with van der Waals surface area (Å²) >= 11 is 0. The molecule has 1 amide bonds. The average molecular weight is 401 g/mol. The lowest BCUT2D eigenvalue weighted by molar-refractivity contribution is -0.136. The first kappa shape index (κ1) is 19.7. The molecule has 0 saturated heterocycles. The summed E-state index contributed by atoms with van der Waals surface area (Å²) in [6, 6.07) is 21.5. The van der Waals surface area contributed by atoms with Crippen molar-refractivity contribution >= 4 is 11.9 Å². The second-order valence-electron chi connectivity index (χ2n) is 7.58. The van der Waals surface area contributed by atoms with Gasteiger partial charge < -0.3 is 15.6 Å². The molecule has 0 bridgehead atoms. The predicted molar refractivity (Wildman–Crippen MR) is 114 cm³/mol. The van der Waals surface area contributed by atoms with Gasteiger partial charge in [0.25, 0.3) is 0 Å². The molecule has 0 spiro atoms. The van der Waals surface area contributed by atoms with Crippen molar-refractivity contribution in [2.24, 2.45) is 5.73 Å². The molecule has 0 heterocycles. The summed E-state index contributed by atoms with van der Waals surface area (Å²) < 4.78 is 6.28. The number of carboxylic acids is 1. The van der Waals surface area contributed by atoms with Crippen molar-refractivity contribution in [3.05, 3.63) is 89.0 Å². The van der Waals surface area contributed by atoms with E-state index in [2.05, 4.69) is 18.2 Å². The summed E-state index contributed by atoms with van der Waals surface area (Å²) in [7, 11) is 0. The molecule has 5 heteroatoms. The third-order valence-electron chi connectivity index (χ3n) is 5.39. The van der Waals surface area contributed by atoms with Gasteiger partial charge in [-0.3, -0.25) is 9.59 Å². The molecule has 4 rings (SSSR count). The van der Waals surface area contributed by atoms with Gasteiger partial charge in [0.1, 0.15) is 11.9 Å². The highest BCUT2D eigenvalue weighted by molar-refractivity contribution is 5.77. The topological polar surface area (TPSA) is 89.6 Å². The third kappa shape index (κ3) is 4.35. The van der Waals surface area contributed by atoms with Crippen LogP contribution in [0.1, 0.15) is 34.8 Å². The van der Waals surface area contributed by atoms with Crippen molar-refractivity contribution in [1.82, 2.24) is 0 Å². The van der Waals surface area contributed by atoms with Crippen LogP contribution in [0.15, 0.2) is 66.7 Å². The number of carboxylic acid groups (broad SMARTS) is 1. The van der Waals surface area contributed by atoms with Crippen LogP contribution in [-0.2, 0) is 28.9 Å². The van der Waals surface area contributed by atoms with Gasteiger partial charge in [-0.05, 0) is 52.8 Å². The number of carbonyl (C=O) groups excluding carboxylic acids is 1. The summed E-state index contributed by atoms with van der Waals surface area (Å²) in [4.78, 5) is 22.4. The molecule has 3 aromatic rings. The fourth-order valence-corrected chi connectivity index (χ4v) is 4.01. The number of para-hydroxylation sites is 1. The van der Waals surface area contributed by atoms with E-state index in [0.29, 0.717) is 11.3 Å². The maximum Gasteiger partial charge on any atom is 0.307 e.